The van der Waals surface area contributed by atoms with E-state index in [1.54, 1.807) is 0 Å². The molecule has 0 radical (unpaired) electrons. The number of benzene rings is 1. The topological polar surface area (TPSA) is 38.9 Å². The molecule has 20 heavy (non-hydrogen) atoms. The number of nitrogens with two attached hydrogens (primary N) is 1. The molecule has 0 amide bonds. The lowest BCUT2D eigenvalue weighted by Gasteiger charge is -2.10. The first kappa shape index (κ1) is 14.7. The maximum absolute atomic E-state index is 12.7. The van der Waals surface area contributed by atoms with E-state index < -0.39 is 11.7 Å². The van der Waals surface area contributed by atoms with Gasteiger partial charge in [-0.2, -0.15) is 13.2 Å². The van der Waals surface area contributed by atoms with Crippen molar-refractivity contribution >= 4 is 17.6 Å². The Balaban J connectivity index is 2.36. The number of rotatable bonds is 2. The summed E-state index contributed by atoms with van der Waals surface area (Å²) in [5.74, 6) is -0.132. The predicted octanol–water partition coefficient (Wildman–Crippen LogP) is 4.45. The van der Waals surface area contributed by atoms with Crippen molar-refractivity contribution in [2.24, 2.45) is 0 Å². The van der Waals surface area contributed by atoms with Crippen LogP contribution in [0.25, 0.3) is 0 Å². The standard InChI is InChI=1S/C14H13F3N2S/c1-8-3-4-11(9(2)5-8)20-13-7-10(14(15,16)17)6-12(18)19-13/h3-7H,1-2H3,(H2,18,19). The van der Waals surface area contributed by atoms with Crippen LogP contribution >= 0.6 is 11.8 Å². The molecule has 0 aliphatic rings. The quantitative estimate of drug-likeness (QED) is 0.890. The third-order valence-corrected chi connectivity index (χ3v) is 3.79. The summed E-state index contributed by atoms with van der Waals surface area (Å²) in [5, 5.41) is 0.240. The summed E-state index contributed by atoms with van der Waals surface area (Å²) < 4.78 is 38.2. The third kappa shape index (κ3) is 3.45. The second-order valence-corrected chi connectivity index (χ2v) is 5.55. The fraction of sp³-hybridized carbons (Fsp3) is 0.214. The van der Waals surface area contributed by atoms with Gasteiger partial charge in [-0.1, -0.05) is 29.5 Å². The van der Waals surface area contributed by atoms with Gasteiger partial charge < -0.3 is 5.73 Å². The number of aryl methyl sites for hydroxylation is 2. The number of nitrogen functional groups attached to an aromatic ring is 1. The van der Waals surface area contributed by atoms with E-state index in [9.17, 15) is 13.2 Å². The molecule has 0 unspecified atom stereocenters. The molecule has 1 heterocycles. The van der Waals surface area contributed by atoms with E-state index >= 15 is 0 Å². The van der Waals surface area contributed by atoms with Crippen LogP contribution < -0.4 is 5.73 Å². The molecule has 0 aliphatic heterocycles. The van der Waals surface area contributed by atoms with Gasteiger partial charge in [0, 0.05) is 4.90 Å². The van der Waals surface area contributed by atoms with Crippen LogP contribution in [-0.2, 0) is 6.18 Å². The van der Waals surface area contributed by atoms with E-state index in [0.717, 1.165) is 28.2 Å². The molecule has 0 atom stereocenters. The minimum atomic E-state index is -4.42. The average molecular weight is 298 g/mol. The molecule has 2 rings (SSSR count). The van der Waals surface area contributed by atoms with E-state index in [4.69, 9.17) is 5.73 Å². The summed E-state index contributed by atoms with van der Waals surface area (Å²) in [6.07, 6.45) is -4.42. The Morgan fingerprint density at radius 3 is 2.40 bits per heavy atom. The van der Waals surface area contributed by atoms with E-state index in [0.29, 0.717) is 0 Å². The molecule has 0 bridgehead atoms. The summed E-state index contributed by atoms with van der Waals surface area (Å²) in [4.78, 5) is 4.81. The maximum Gasteiger partial charge on any atom is 0.416 e. The zero-order chi connectivity index (χ0) is 14.9. The monoisotopic (exact) mass is 298 g/mol. The molecule has 2 nitrogen and oxygen atoms in total. The van der Waals surface area contributed by atoms with Crippen molar-refractivity contribution in [3.05, 3.63) is 47.0 Å². The molecule has 2 N–H and O–H groups in total. The van der Waals surface area contributed by atoms with Crippen molar-refractivity contribution in [3.8, 4) is 0 Å². The van der Waals surface area contributed by atoms with Gasteiger partial charge in [0.2, 0.25) is 0 Å². The van der Waals surface area contributed by atoms with Crippen molar-refractivity contribution in [2.75, 3.05) is 5.73 Å². The van der Waals surface area contributed by atoms with Gasteiger partial charge in [0.05, 0.1) is 5.56 Å². The van der Waals surface area contributed by atoms with Gasteiger partial charge in [0.25, 0.3) is 0 Å². The largest absolute Gasteiger partial charge is 0.416 e. The van der Waals surface area contributed by atoms with Crippen molar-refractivity contribution in [3.63, 3.8) is 0 Å². The second-order valence-electron chi connectivity index (χ2n) is 4.49. The Morgan fingerprint density at radius 1 is 1.10 bits per heavy atom. The lowest BCUT2D eigenvalue weighted by Crippen LogP contribution is -2.07. The first-order chi connectivity index (χ1) is 9.25. The van der Waals surface area contributed by atoms with Crippen molar-refractivity contribution < 1.29 is 13.2 Å². The van der Waals surface area contributed by atoms with Crippen molar-refractivity contribution in [2.45, 2.75) is 29.9 Å². The third-order valence-electron chi connectivity index (χ3n) is 2.69. The van der Waals surface area contributed by atoms with E-state index in [2.05, 4.69) is 4.98 Å². The Kier molecular flexibility index (Phi) is 3.94. The zero-order valence-electron chi connectivity index (χ0n) is 11.0. The molecule has 0 saturated carbocycles. The summed E-state index contributed by atoms with van der Waals surface area (Å²) in [5.41, 5.74) is 6.76. The van der Waals surface area contributed by atoms with Crippen LogP contribution in [0.1, 0.15) is 16.7 Å². The number of anilines is 1. The number of halogens is 3. The lowest BCUT2D eigenvalue weighted by atomic mass is 10.2. The highest BCUT2D eigenvalue weighted by Gasteiger charge is 2.31. The van der Waals surface area contributed by atoms with Gasteiger partial charge in [-0.05, 0) is 37.6 Å². The van der Waals surface area contributed by atoms with E-state index in [1.165, 1.54) is 11.8 Å². The fourth-order valence-corrected chi connectivity index (χ4v) is 2.69. The normalized spacial score (nSPS) is 11.7. The van der Waals surface area contributed by atoms with E-state index in [-0.39, 0.29) is 10.8 Å². The minimum absolute atomic E-state index is 0.132. The number of nitrogens with zero attached hydrogens (tertiary/aromatic N) is 1. The summed E-state index contributed by atoms with van der Waals surface area (Å²) >= 11 is 1.18. The fourth-order valence-electron chi connectivity index (χ4n) is 1.77. The molecular formula is C14H13F3N2S. The van der Waals surface area contributed by atoms with Gasteiger partial charge in [-0.15, -0.1) is 0 Å². The van der Waals surface area contributed by atoms with Crippen LogP contribution in [0, 0.1) is 13.8 Å². The second kappa shape index (κ2) is 5.36. The highest BCUT2D eigenvalue weighted by atomic mass is 32.2. The Hall–Kier alpha value is -1.69. The van der Waals surface area contributed by atoms with Crippen LogP contribution in [0.4, 0.5) is 19.0 Å². The SMILES string of the molecule is Cc1ccc(Sc2cc(C(F)(F)F)cc(N)n2)c(C)c1. The molecule has 2 aromatic rings. The maximum atomic E-state index is 12.7. The first-order valence-electron chi connectivity index (χ1n) is 5.85. The van der Waals surface area contributed by atoms with Crippen LogP contribution in [0.2, 0.25) is 0 Å². The highest BCUT2D eigenvalue weighted by Crippen LogP contribution is 2.35. The zero-order valence-corrected chi connectivity index (χ0v) is 11.8. The molecule has 106 valence electrons. The molecule has 0 saturated heterocycles. The average Bonchev–Trinajstić information content (AvgIpc) is 2.31. The summed E-state index contributed by atoms with van der Waals surface area (Å²) in [6.45, 7) is 3.87. The van der Waals surface area contributed by atoms with Crippen molar-refractivity contribution in [1.82, 2.24) is 4.98 Å². The molecule has 1 aromatic heterocycles. The van der Waals surface area contributed by atoms with Crippen LogP contribution in [0.3, 0.4) is 0 Å². The number of hydrogen-bond donors (Lipinski definition) is 1. The van der Waals surface area contributed by atoms with Crippen molar-refractivity contribution in [1.29, 1.82) is 0 Å². The van der Waals surface area contributed by atoms with Gasteiger partial charge in [-0.25, -0.2) is 4.98 Å². The molecule has 1 aromatic carbocycles. The smallest absolute Gasteiger partial charge is 0.384 e. The summed E-state index contributed by atoms with van der Waals surface area (Å²) in [6, 6.07) is 7.60. The first-order valence-corrected chi connectivity index (χ1v) is 6.67. The molecule has 0 spiro atoms. The highest BCUT2D eigenvalue weighted by molar-refractivity contribution is 7.99. The lowest BCUT2D eigenvalue weighted by molar-refractivity contribution is -0.137. The van der Waals surface area contributed by atoms with Crippen LogP contribution in [-0.4, -0.2) is 4.98 Å². The Labute approximate surface area is 119 Å². The number of pyridine rings is 1. The van der Waals surface area contributed by atoms with E-state index in [1.807, 2.05) is 32.0 Å². The van der Waals surface area contributed by atoms with Crippen LogP contribution in [0.15, 0.2) is 40.3 Å². The molecule has 0 fully saturated rings. The molecular weight excluding hydrogens is 285 g/mol. The summed E-state index contributed by atoms with van der Waals surface area (Å²) in [7, 11) is 0. The Bertz CT molecular complexity index is 639. The van der Waals surface area contributed by atoms with Gasteiger partial charge in [-0.3, -0.25) is 0 Å². The minimum Gasteiger partial charge on any atom is -0.384 e. The Morgan fingerprint density at radius 2 is 1.80 bits per heavy atom. The molecule has 0 aliphatic carbocycles. The number of alkyl halides is 3. The number of aromatic nitrogens is 1. The predicted molar refractivity (Wildman–Crippen MR) is 73.7 cm³/mol. The van der Waals surface area contributed by atoms with Gasteiger partial charge in [0.15, 0.2) is 0 Å². The number of hydrogen-bond acceptors (Lipinski definition) is 3. The van der Waals surface area contributed by atoms with Gasteiger partial charge >= 0.3 is 6.18 Å². The van der Waals surface area contributed by atoms with Gasteiger partial charge in [0.1, 0.15) is 10.8 Å². The van der Waals surface area contributed by atoms with Crippen LogP contribution in [0.5, 0.6) is 0 Å². The molecule has 6 heteroatoms.